The number of nitro benzene ring substituents is 2. The molecule has 0 atom stereocenters. The van der Waals surface area contributed by atoms with Crippen molar-refractivity contribution in [1.82, 2.24) is 20.6 Å². The Kier molecular flexibility index (Phi) is 34.5. The van der Waals surface area contributed by atoms with Crippen LogP contribution in [0.3, 0.4) is 0 Å². The Labute approximate surface area is 635 Å². The zero-order valence-electron chi connectivity index (χ0n) is 60.3. The normalized spacial score (nSPS) is 11.2. The molecule has 0 unspecified atom stereocenters. The van der Waals surface area contributed by atoms with Gasteiger partial charge >= 0.3 is 29.7 Å². The molecule has 2 aromatic heterocycles. The number of pyridine rings is 2. The number of amidine groups is 1. The number of aromatic hydroxyl groups is 1. The first-order valence-corrected chi connectivity index (χ1v) is 33.9. The standard InChI is InChI=1S/C33H33N3O7.C28H28N4O2.C9H9NO5.C6H5NO3.C2H3ClO2.CO2/c1-4-21-15-25(28(37)14-19-8-10-22(11-9-19)26(34)17-30(38)43-5-2)24(16-29(21)42-3)23-12-13-27(36-31(23)33(40)41)32(39)35-18-20-6-7-20;1-3-20-14-24(26(33)13-18-6-8-21(9-7-18)27(29)30)23(12-17(20)2)22-10-11-25(31-16-22)28(34)32-15-19-4-5-19;1-2-14-9(11)15-8-5-3-7(4-6-8)10(12)13;8-6-3-1-5(2-4-6)7(9)10;1-5-2(3)4;2-1-3/h4,8-13,15-16,20,34H,1,5-7,14,17-18H2,2-3H3,(H,35,39)(H,40,41);3,6-12,14,16,19H,1,4-5,13,15H2,2H3,(H3,29,30)(H,32,34);3-6H,2H2,1H3;1-4,8H;1H3;. The highest BCUT2D eigenvalue weighted by Crippen LogP contribution is 2.36. The fourth-order valence-corrected chi connectivity index (χ4v) is 9.85. The molecule has 6 aromatic carbocycles. The summed E-state index contributed by atoms with van der Waals surface area (Å²) in [6, 6.07) is 37.5. The van der Waals surface area contributed by atoms with Crippen molar-refractivity contribution in [3.63, 3.8) is 0 Å². The number of carbonyl (C=O) groups is 8. The van der Waals surface area contributed by atoms with Gasteiger partial charge in [-0.1, -0.05) is 86.0 Å². The number of aryl methyl sites for hydroxylation is 1. The Bertz CT molecular complexity index is 4710. The zero-order chi connectivity index (χ0) is 81.1. The minimum atomic E-state index is -1.35. The third-order valence-corrected chi connectivity index (χ3v) is 16.1. The van der Waals surface area contributed by atoms with Gasteiger partial charge in [-0.05, 0) is 158 Å². The number of benzene rings is 6. The van der Waals surface area contributed by atoms with Crippen molar-refractivity contribution < 1.29 is 91.7 Å². The van der Waals surface area contributed by atoms with Gasteiger partial charge in [-0.2, -0.15) is 9.59 Å². The molecule has 31 heteroatoms. The topological polar surface area (TPSA) is 467 Å². The van der Waals surface area contributed by atoms with Gasteiger partial charge in [0.2, 0.25) is 0 Å². The number of hydrogen-bond donors (Lipinski definition) is 7. The third kappa shape index (κ3) is 28.0. The van der Waals surface area contributed by atoms with Crippen LogP contribution in [-0.4, -0.2) is 135 Å². The van der Waals surface area contributed by atoms with Gasteiger partial charge in [-0.3, -0.25) is 54.6 Å². The van der Waals surface area contributed by atoms with Crippen molar-refractivity contribution >= 4 is 99.7 Å². The minimum absolute atomic E-state index is 0.00788. The van der Waals surface area contributed by atoms with Crippen molar-refractivity contribution in [3.05, 3.63) is 252 Å². The number of nitrogens with zero attached hydrogens (tertiary/aromatic N) is 4. The third-order valence-electron chi connectivity index (χ3n) is 15.9. The molecule has 2 heterocycles. The van der Waals surface area contributed by atoms with Gasteiger partial charge < -0.3 is 55.7 Å². The summed E-state index contributed by atoms with van der Waals surface area (Å²) >= 11 is 4.60. The van der Waals surface area contributed by atoms with Gasteiger partial charge in [0.25, 0.3) is 23.2 Å². The van der Waals surface area contributed by atoms with Crippen molar-refractivity contribution in [2.75, 3.05) is 40.5 Å². The smallest absolute Gasteiger partial charge is 0.508 e. The van der Waals surface area contributed by atoms with Crippen molar-refractivity contribution in [2.24, 2.45) is 17.6 Å². The second-order valence-electron chi connectivity index (χ2n) is 23.7. The number of non-ortho nitro benzene ring substituents is 2. The van der Waals surface area contributed by atoms with E-state index in [1.165, 1.54) is 93.8 Å². The van der Waals surface area contributed by atoms with Gasteiger partial charge in [0.05, 0.1) is 43.7 Å². The molecule has 572 valence electrons. The quantitative estimate of drug-likeness (QED) is 0.00289. The lowest BCUT2D eigenvalue weighted by atomic mass is 9.90. The molecule has 2 fully saturated rings. The molecule has 110 heavy (non-hydrogen) atoms. The van der Waals surface area contributed by atoms with Gasteiger partial charge in [0.1, 0.15) is 34.5 Å². The lowest BCUT2D eigenvalue weighted by Gasteiger charge is -2.16. The van der Waals surface area contributed by atoms with E-state index in [0.29, 0.717) is 64.2 Å². The Balaban J connectivity index is 0.000000283. The van der Waals surface area contributed by atoms with Crippen molar-refractivity contribution in [1.29, 1.82) is 10.8 Å². The first kappa shape index (κ1) is 86.9. The average Bonchev–Trinajstić information content (AvgIpc) is 0.848. The second-order valence-corrected chi connectivity index (χ2v) is 24.1. The summed E-state index contributed by atoms with van der Waals surface area (Å²) in [7, 11) is 2.67. The van der Waals surface area contributed by atoms with Crippen LogP contribution in [-0.2, 0) is 41.4 Å². The summed E-state index contributed by atoms with van der Waals surface area (Å²) in [6.45, 7) is 14.6. The van der Waals surface area contributed by atoms with Crippen LogP contribution in [0.25, 0.3) is 34.4 Å². The fraction of sp³-hybridized carbons (Fsp3) is 0.228. The van der Waals surface area contributed by atoms with E-state index in [9.17, 15) is 63.7 Å². The summed E-state index contributed by atoms with van der Waals surface area (Å²) in [6.07, 6.45) is 8.81. The van der Waals surface area contributed by atoms with Crippen LogP contribution >= 0.6 is 11.6 Å². The number of rotatable bonds is 27. The summed E-state index contributed by atoms with van der Waals surface area (Å²) in [5, 5.41) is 60.5. The first-order valence-electron chi connectivity index (χ1n) is 33.5. The average molecular weight is 1520 g/mol. The highest BCUT2D eigenvalue weighted by molar-refractivity contribution is 6.61. The maximum Gasteiger partial charge on any atom is 0.513 e. The number of aromatic carboxylic acids is 1. The summed E-state index contributed by atoms with van der Waals surface area (Å²) < 4.78 is 23.5. The van der Waals surface area contributed by atoms with Crippen LogP contribution in [0.15, 0.2) is 165 Å². The molecule has 0 saturated heterocycles. The Morgan fingerprint density at radius 1 is 0.664 bits per heavy atom. The number of carboxylic acid groups (broad SMARTS) is 1. The number of carbonyl (C=O) groups excluding carboxylic acids is 9. The molecule has 2 saturated carbocycles. The van der Waals surface area contributed by atoms with Crippen LogP contribution in [0.4, 0.5) is 21.0 Å². The molecule has 2 aliphatic carbocycles. The monoisotopic (exact) mass is 1520 g/mol. The SMILES string of the molecule is C=Cc1cc(C(=O)Cc2ccc(C(=N)CC(=O)OCC)cc2)c(-c2ccc(C(=O)NCC3CC3)nc2C(=O)O)cc1OC.C=Cc1cc(C(=O)Cc2ccc(C(=N)N)cc2)c(-c2ccc(C(=O)NCC3CC3)nc2)cc1C.CCOC(=O)Oc1ccc([N+](=O)[O-])cc1.COC(=O)Cl.O=C=O.O=[N+]([O-])c1ccc(O)cc1. The minimum Gasteiger partial charge on any atom is -0.508 e. The second kappa shape index (κ2) is 43.7. The molecule has 30 nitrogen and oxygen atoms in total. The number of halogens is 1. The Hall–Kier alpha value is -13.7. The van der Waals surface area contributed by atoms with Crippen LogP contribution < -0.4 is 25.8 Å². The molecular weight excluding hydrogens is 1450 g/mol. The van der Waals surface area contributed by atoms with Crippen LogP contribution in [0.5, 0.6) is 17.2 Å². The number of nitrogens with one attached hydrogen (secondary N) is 4. The largest absolute Gasteiger partial charge is 0.513 e. The van der Waals surface area contributed by atoms with Crippen LogP contribution in [0.1, 0.15) is 137 Å². The lowest BCUT2D eigenvalue weighted by Crippen LogP contribution is -2.27. The van der Waals surface area contributed by atoms with E-state index in [4.69, 9.17) is 45.5 Å². The van der Waals surface area contributed by atoms with Gasteiger partial charge in [0.15, 0.2) is 17.3 Å². The molecule has 0 spiro atoms. The van der Waals surface area contributed by atoms with Gasteiger partial charge in [-0.15, -0.1) is 0 Å². The highest BCUT2D eigenvalue weighted by Gasteiger charge is 2.27. The molecule has 0 aliphatic heterocycles. The number of ether oxygens (including phenoxy) is 5. The van der Waals surface area contributed by atoms with Gasteiger partial charge in [-0.25, -0.2) is 19.4 Å². The number of methoxy groups -OCH3 is 2. The predicted octanol–water partition coefficient (Wildman–Crippen LogP) is 13.4. The number of nitrogen functional groups attached to an aromatic ring is 1. The van der Waals surface area contributed by atoms with E-state index in [0.717, 1.165) is 40.7 Å². The Morgan fingerprint density at radius 3 is 1.59 bits per heavy atom. The Morgan fingerprint density at radius 2 is 1.15 bits per heavy atom. The predicted molar refractivity (Wildman–Crippen MR) is 405 cm³/mol. The molecular formula is C79H78ClN9O21. The maximum atomic E-state index is 13.7. The number of nitrogens with two attached hydrogens (primary N) is 1. The number of esters is 1. The van der Waals surface area contributed by atoms with Crippen LogP contribution in [0.2, 0.25) is 0 Å². The van der Waals surface area contributed by atoms with E-state index in [1.807, 2.05) is 37.3 Å². The summed E-state index contributed by atoms with van der Waals surface area (Å²) in [5.41, 5.74) is 12.6. The number of phenolic OH excluding ortho intramolecular Hbond substituents is 1. The molecule has 2 amide bonds. The molecule has 10 rings (SSSR count). The number of hydrogen-bond acceptors (Lipinski definition) is 24. The molecule has 8 N–H and O–H groups in total. The number of amides is 2. The maximum absolute atomic E-state index is 13.7. The molecule has 0 bridgehead atoms. The number of ketones is 2. The number of nitro groups is 2. The highest BCUT2D eigenvalue weighted by atomic mass is 35.5. The first-order chi connectivity index (χ1) is 52.5. The summed E-state index contributed by atoms with van der Waals surface area (Å²) in [4.78, 5) is 140. The van der Waals surface area contributed by atoms with E-state index in [1.54, 1.807) is 80.7 Å². The van der Waals surface area contributed by atoms with Crippen molar-refractivity contribution in [3.8, 4) is 39.5 Å². The molecule has 2 aliphatic rings. The summed E-state index contributed by atoms with van der Waals surface area (Å²) in [5.74, 6) is -1.17. The number of Topliss-reactive ketones (excluding diaryl/α,β-unsaturated/α-hetero) is 2. The molecule has 8 aromatic rings. The van der Waals surface area contributed by atoms with Crippen molar-refractivity contribution in [2.45, 2.75) is 65.7 Å². The number of carboxylic acids is 1. The van der Waals surface area contributed by atoms with E-state index in [-0.39, 0.29) is 119 Å². The van der Waals surface area contributed by atoms with Crippen LogP contribution in [0, 0.1) is 49.8 Å². The van der Waals surface area contributed by atoms with E-state index >= 15 is 0 Å². The van der Waals surface area contributed by atoms with E-state index < -0.39 is 39.3 Å². The van der Waals surface area contributed by atoms with E-state index in [2.05, 4.69) is 54.8 Å². The number of phenols is 1. The fourth-order valence-electron chi connectivity index (χ4n) is 9.85. The number of aromatic nitrogens is 2. The zero-order valence-corrected chi connectivity index (χ0v) is 61.1. The molecule has 0 radical (unpaired) electrons. The lowest BCUT2D eigenvalue weighted by molar-refractivity contribution is -0.385. The van der Waals surface area contributed by atoms with Gasteiger partial charge in [0, 0.05) is 107 Å².